The van der Waals surface area contributed by atoms with Gasteiger partial charge >= 0.3 is 0 Å². The molecule has 1 nitrogen and oxygen atoms in total. The Bertz CT molecular complexity index is 591. The fourth-order valence-corrected chi connectivity index (χ4v) is 2.58. The van der Waals surface area contributed by atoms with Gasteiger partial charge in [0.1, 0.15) is 5.82 Å². The molecule has 0 saturated carbocycles. The first-order valence-corrected chi connectivity index (χ1v) is 6.50. The van der Waals surface area contributed by atoms with Crippen LogP contribution in [0.15, 0.2) is 30.3 Å². The van der Waals surface area contributed by atoms with Crippen LogP contribution in [0.3, 0.4) is 0 Å². The zero-order chi connectivity index (χ0) is 14.2. The second-order valence-corrected chi connectivity index (χ2v) is 5.21. The van der Waals surface area contributed by atoms with Crippen LogP contribution in [0.2, 0.25) is 0 Å². The van der Waals surface area contributed by atoms with E-state index >= 15 is 0 Å². The Morgan fingerprint density at radius 1 is 0.947 bits per heavy atom. The Kier molecular flexibility index (Phi) is 3.72. The Morgan fingerprint density at radius 2 is 1.53 bits per heavy atom. The summed E-state index contributed by atoms with van der Waals surface area (Å²) in [5.74, 6) is -0.243. The van der Waals surface area contributed by atoms with Crippen molar-refractivity contribution in [1.82, 2.24) is 0 Å². The topological polar surface area (TPSA) is 26.0 Å². The second kappa shape index (κ2) is 5.14. The summed E-state index contributed by atoms with van der Waals surface area (Å²) in [7, 11) is 0. The van der Waals surface area contributed by atoms with Crippen LogP contribution < -0.4 is 5.73 Å². The van der Waals surface area contributed by atoms with E-state index in [0.717, 1.165) is 11.1 Å². The molecule has 0 aliphatic rings. The lowest BCUT2D eigenvalue weighted by Gasteiger charge is -2.21. The van der Waals surface area contributed by atoms with Crippen molar-refractivity contribution in [2.75, 3.05) is 0 Å². The minimum absolute atomic E-state index is 0.243. The van der Waals surface area contributed by atoms with Crippen LogP contribution in [0.4, 0.5) is 4.39 Å². The lowest BCUT2D eigenvalue weighted by atomic mass is 9.87. The second-order valence-electron chi connectivity index (χ2n) is 5.21. The van der Waals surface area contributed by atoms with Gasteiger partial charge in [-0.15, -0.1) is 0 Å². The van der Waals surface area contributed by atoms with Gasteiger partial charge in [-0.25, -0.2) is 4.39 Å². The third-order valence-corrected chi connectivity index (χ3v) is 3.94. The standard InChI is InChI=1S/C17H20FN/c1-10-8-11(2)13(4)16(12(10)3)17(19)14-6-5-7-15(18)9-14/h5-9,17H,19H2,1-4H3. The van der Waals surface area contributed by atoms with Crippen molar-refractivity contribution >= 4 is 0 Å². The average molecular weight is 257 g/mol. The Morgan fingerprint density at radius 3 is 2.05 bits per heavy atom. The molecule has 1 unspecified atom stereocenters. The van der Waals surface area contributed by atoms with Gasteiger partial charge in [0, 0.05) is 0 Å². The van der Waals surface area contributed by atoms with Crippen molar-refractivity contribution in [2.45, 2.75) is 33.7 Å². The normalized spacial score (nSPS) is 12.5. The molecule has 0 amide bonds. The van der Waals surface area contributed by atoms with Gasteiger partial charge in [-0.3, -0.25) is 0 Å². The van der Waals surface area contributed by atoms with Gasteiger partial charge in [0.15, 0.2) is 0 Å². The smallest absolute Gasteiger partial charge is 0.123 e. The van der Waals surface area contributed by atoms with E-state index in [9.17, 15) is 4.39 Å². The summed E-state index contributed by atoms with van der Waals surface area (Å²) < 4.78 is 13.3. The van der Waals surface area contributed by atoms with E-state index in [0.29, 0.717) is 0 Å². The summed E-state index contributed by atoms with van der Waals surface area (Å²) in [6, 6.07) is 8.43. The maximum absolute atomic E-state index is 13.3. The summed E-state index contributed by atoms with van der Waals surface area (Å²) in [6.07, 6.45) is 0. The maximum Gasteiger partial charge on any atom is 0.123 e. The SMILES string of the molecule is Cc1cc(C)c(C)c(C(N)c2cccc(F)c2)c1C. The number of benzene rings is 2. The van der Waals surface area contributed by atoms with Crippen molar-refractivity contribution in [3.05, 3.63) is 69.5 Å². The van der Waals surface area contributed by atoms with E-state index in [1.54, 1.807) is 6.07 Å². The number of rotatable bonds is 2. The lowest BCUT2D eigenvalue weighted by molar-refractivity contribution is 0.623. The van der Waals surface area contributed by atoms with Crippen LogP contribution in [0.25, 0.3) is 0 Å². The molecule has 0 aromatic heterocycles. The quantitative estimate of drug-likeness (QED) is 0.861. The van der Waals surface area contributed by atoms with E-state index < -0.39 is 0 Å². The summed E-state index contributed by atoms with van der Waals surface area (Å²) in [6.45, 7) is 8.33. The highest BCUT2D eigenvalue weighted by molar-refractivity contribution is 5.48. The van der Waals surface area contributed by atoms with E-state index in [4.69, 9.17) is 5.73 Å². The molecule has 2 aromatic carbocycles. The molecule has 19 heavy (non-hydrogen) atoms. The predicted molar refractivity (Wildman–Crippen MR) is 77.8 cm³/mol. The van der Waals surface area contributed by atoms with Crippen LogP contribution in [0.1, 0.15) is 39.4 Å². The first-order chi connectivity index (χ1) is 8.91. The molecule has 2 heteroatoms. The first kappa shape index (κ1) is 13.8. The molecule has 2 aromatic rings. The third-order valence-electron chi connectivity index (χ3n) is 3.94. The van der Waals surface area contributed by atoms with Gasteiger partial charge in [-0.1, -0.05) is 18.2 Å². The molecule has 0 bridgehead atoms. The fourth-order valence-electron chi connectivity index (χ4n) is 2.58. The van der Waals surface area contributed by atoms with Gasteiger partial charge < -0.3 is 5.73 Å². The zero-order valence-corrected chi connectivity index (χ0v) is 11.9. The number of hydrogen-bond acceptors (Lipinski definition) is 1. The molecular weight excluding hydrogens is 237 g/mol. The summed E-state index contributed by atoms with van der Waals surface area (Å²) in [4.78, 5) is 0. The van der Waals surface area contributed by atoms with Gasteiger partial charge in [0.05, 0.1) is 6.04 Å². The van der Waals surface area contributed by atoms with Crippen molar-refractivity contribution in [3.8, 4) is 0 Å². The van der Waals surface area contributed by atoms with Crippen LogP contribution in [-0.4, -0.2) is 0 Å². The van der Waals surface area contributed by atoms with Gasteiger partial charge in [0.25, 0.3) is 0 Å². The molecule has 100 valence electrons. The third kappa shape index (κ3) is 2.54. The van der Waals surface area contributed by atoms with Crippen molar-refractivity contribution < 1.29 is 4.39 Å². The minimum Gasteiger partial charge on any atom is -0.320 e. The average Bonchev–Trinajstić information content (AvgIpc) is 2.36. The molecule has 0 aliphatic carbocycles. The molecular formula is C17H20FN. The molecule has 2 rings (SSSR count). The fraction of sp³-hybridized carbons (Fsp3) is 0.294. The van der Waals surface area contributed by atoms with Crippen LogP contribution in [0.5, 0.6) is 0 Å². The minimum atomic E-state index is -0.283. The first-order valence-electron chi connectivity index (χ1n) is 6.50. The molecule has 0 aliphatic heterocycles. The summed E-state index contributed by atoms with van der Waals surface area (Å²) in [5, 5.41) is 0. The van der Waals surface area contributed by atoms with E-state index in [2.05, 4.69) is 33.8 Å². The lowest BCUT2D eigenvalue weighted by Crippen LogP contribution is -2.16. The van der Waals surface area contributed by atoms with E-state index in [1.807, 2.05) is 6.07 Å². The molecule has 0 spiro atoms. The highest BCUT2D eigenvalue weighted by Crippen LogP contribution is 2.30. The predicted octanol–water partition coefficient (Wildman–Crippen LogP) is 4.11. The van der Waals surface area contributed by atoms with Crippen LogP contribution >= 0.6 is 0 Å². The summed E-state index contributed by atoms with van der Waals surface area (Å²) >= 11 is 0. The Hall–Kier alpha value is -1.67. The largest absolute Gasteiger partial charge is 0.320 e. The Labute approximate surface area is 114 Å². The van der Waals surface area contributed by atoms with Crippen LogP contribution in [-0.2, 0) is 0 Å². The molecule has 2 N–H and O–H groups in total. The summed E-state index contributed by atoms with van der Waals surface area (Å²) in [5.41, 5.74) is 13.1. The number of nitrogens with two attached hydrogens (primary N) is 1. The maximum atomic E-state index is 13.3. The number of hydrogen-bond donors (Lipinski definition) is 1. The van der Waals surface area contributed by atoms with Gasteiger partial charge in [0.2, 0.25) is 0 Å². The zero-order valence-electron chi connectivity index (χ0n) is 11.9. The van der Waals surface area contributed by atoms with Gasteiger partial charge in [-0.2, -0.15) is 0 Å². The Balaban J connectivity index is 2.59. The molecule has 0 heterocycles. The van der Waals surface area contributed by atoms with E-state index in [1.165, 1.54) is 34.4 Å². The van der Waals surface area contributed by atoms with Gasteiger partial charge in [-0.05, 0) is 73.2 Å². The van der Waals surface area contributed by atoms with E-state index in [-0.39, 0.29) is 11.9 Å². The monoisotopic (exact) mass is 257 g/mol. The van der Waals surface area contributed by atoms with Crippen molar-refractivity contribution in [2.24, 2.45) is 5.73 Å². The molecule has 1 atom stereocenters. The van der Waals surface area contributed by atoms with Crippen molar-refractivity contribution in [3.63, 3.8) is 0 Å². The number of halogens is 1. The van der Waals surface area contributed by atoms with Crippen molar-refractivity contribution in [1.29, 1.82) is 0 Å². The molecule has 0 saturated heterocycles. The highest BCUT2D eigenvalue weighted by atomic mass is 19.1. The van der Waals surface area contributed by atoms with Crippen LogP contribution in [0, 0.1) is 33.5 Å². The molecule has 0 radical (unpaired) electrons. The number of aryl methyl sites for hydroxylation is 2. The highest BCUT2D eigenvalue weighted by Gasteiger charge is 2.17. The molecule has 0 fully saturated rings.